The summed E-state index contributed by atoms with van der Waals surface area (Å²) in [6.45, 7) is 4.85. The molecule has 0 radical (unpaired) electrons. The van der Waals surface area contributed by atoms with Crippen molar-refractivity contribution in [1.29, 1.82) is 0 Å². The SMILES string of the molecule is CC(C)(CC(=O)NCc1ccccc1)C1=CCC=C1. The zero-order valence-corrected chi connectivity index (χ0v) is 11.6. The standard InChI is InChI=1S/C17H21NO/c1-17(2,15-10-6-7-11-15)12-16(19)18-13-14-8-4-3-5-9-14/h3-6,8-11H,7,12-13H2,1-2H3,(H,18,19). The van der Waals surface area contributed by atoms with Crippen LogP contribution in [0.15, 0.2) is 54.1 Å². The van der Waals surface area contributed by atoms with E-state index in [2.05, 4.69) is 37.4 Å². The van der Waals surface area contributed by atoms with Crippen LogP contribution in [0.25, 0.3) is 0 Å². The van der Waals surface area contributed by atoms with Crippen LogP contribution in [0.3, 0.4) is 0 Å². The second-order valence-corrected chi connectivity index (χ2v) is 5.62. The molecular formula is C17H21NO. The van der Waals surface area contributed by atoms with E-state index in [9.17, 15) is 4.79 Å². The molecule has 0 atom stereocenters. The highest BCUT2D eigenvalue weighted by Gasteiger charge is 2.25. The highest BCUT2D eigenvalue weighted by atomic mass is 16.1. The summed E-state index contributed by atoms with van der Waals surface area (Å²) in [5, 5.41) is 2.99. The molecule has 1 aromatic carbocycles. The number of nitrogens with one attached hydrogen (secondary N) is 1. The van der Waals surface area contributed by atoms with Crippen molar-refractivity contribution in [3.63, 3.8) is 0 Å². The summed E-state index contributed by atoms with van der Waals surface area (Å²) >= 11 is 0. The molecule has 0 unspecified atom stereocenters. The molecular weight excluding hydrogens is 234 g/mol. The lowest BCUT2D eigenvalue weighted by Gasteiger charge is -2.24. The van der Waals surface area contributed by atoms with Crippen molar-refractivity contribution in [3.05, 3.63) is 59.7 Å². The van der Waals surface area contributed by atoms with E-state index in [-0.39, 0.29) is 11.3 Å². The maximum absolute atomic E-state index is 12.0. The van der Waals surface area contributed by atoms with Crippen LogP contribution in [-0.2, 0) is 11.3 Å². The zero-order chi connectivity index (χ0) is 13.7. The second kappa shape index (κ2) is 5.87. The van der Waals surface area contributed by atoms with Gasteiger partial charge in [0.1, 0.15) is 0 Å². The van der Waals surface area contributed by atoms with Gasteiger partial charge in [0, 0.05) is 13.0 Å². The molecule has 1 aromatic rings. The molecule has 0 fully saturated rings. The monoisotopic (exact) mass is 255 g/mol. The van der Waals surface area contributed by atoms with Crippen LogP contribution in [0.5, 0.6) is 0 Å². The first-order chi connectivity index (χ1) is 9.08. The van der Waals surface area contributed by atoms with Crippen LogP contribution in [0.2, 0.25) is 0 Å². The zero-order valence-electron chi connectivity index (χ0n) is 11.6. The van der Waals surface area contributed by atoms with Gasteiger partial charge in [-0.2, -0.15) is 0 Å². The van der Waals surface area contributed by atoms with Gasteiger partial charge >= 0.3 is 0 Å². The lowest BCUT2D eigenvalue weighted by atomic mass is 9.81. The Kier molecular flexibility index (Phi) is 4.20. The highest BCUT2D eigenvalue weighted by molar-refractivity contribution is 5.77. The molecule has 0 saturated carbocycles. The normalized spacial score (nSPS) is 14.3. The van der Waals surface area contributed by atoms with E-state index in [1.54, 1.807) is 0 Å². The highest BCUT2D eigenvalue weighted by Crippen LogP contribution is 2.33. The van der Waals surface area contributed by atoms with Crippen molar-refractivity contribution in [2.45, 2.75) is 33.2 Å². The van der Waals surface area contributed by atoms with Gasteiger partial charge in [-0.15, -0.1) is 0 Å². The van der Waals surface area contributed by atoms with Crippen molar-refractivity contribution >= 4 is 5.91 Å². The largest absolute Gasteiger partial charge is 0.352 e. The molecule has 0 aliphatic heterocycles. The number of carbonyl (C=O) groups excluding carboxylic acids is 1. The van der Waals surface area contributed by atoms with E-state index in [1.807, 2.05) is 30.3 Å². The van der Waals surface area contributed by atoms with E-state index in [0.717, 1.165) is 12.0 Å². The van der Waals surface area contributed by atoms with Crippen molar-refractivity contribution in [1.82, 2.24) is 5.32 Å². The lowest BCUT2D eigenvalue weighted by Crippen LogP contribution is -2.29. The third kappa shape index (κ3) is 3.82. The summed E-state index contributed by atoms with van der Waals surface area (Å²) in [6.07, 6.45) is 7.98. The Morgan fingerprint density at radius 1 is 1.26 bits per heavy atom. The van der Waals surface area contributed by atoms with E-state index >= 15 is 0 Å². The van der Waals surface area contributed by atoms with Crippen LogP contribution >= 0.6 is 0 Å². The van der Waals surface area contributed by atoms with E-state index in [1.165, 1.54) is 5.57 Å². The Morgan fingerprint density at radius 3 is 2.63 bits per heavy atom. The van der Waals surface area contributed by atoms with Crippen LogP contribution in [0.4, 0.5) is 0 Å². The summed E-state index contributed by atoms with van der Waals surface area (Å²) < 4.78 is 0. The number of allylic oxidation sites excluding steroid dienone is 4. The molecule has 1 aliphatic carbocycles. The Bertz CT molecular complexity index is 497. The molecule has 2 heteroatoms. The molecule has 100 valence electrons. The topological polar surface area (TPSA) is 29.1 Å². The van der Waals surface area contributed by atoms with Gasteiger partial charge in [-0.25, -0.2) is 0 Å². The van der Waals surface area contributed by atoms with Crippen molar-refractivity contribution in [3.8, 4) is 0 Å². The fourth-order valence-electron chi connectivity index (χ4n) is 2.32. The summed E-state index contributed by atoms with van der Waals surface area (Å²) in [7, 11) is 0. The summed E-state index contributed by atoms with van der Waals surface area (Å²) in [5.74, 6) is 0.107. The third-order valence-electron chi connectivity index (χ3n) is 3.49. The molecule has 0 aromatic heterocycles. The third-order valence-corrected chi connectivity index (χ3v) is 3.49. The molecule has 0 spiro atoms. The number of hydrogen-bond donors (Lipinski definition) is 1. The van der Waals surface area contributed by atoms with Gasteiger partial charge in [0.2, 0.25) is 5.91 Å². The number of rotatable bonds is 5. The first-order valence-corrected chi connectivity index (χ1v) is 6.76. The fourth-order valence-corrected chi connectivity index (χ4v) is 2.32. The first kappa shape index (κ1) is 13.6. The fraction of sp³-hybridized carbons (Fsp3) is 0.353. The van der Waals surface area contributed by atoms with Gasteiger partial charge in [-0.3, -0.25) is 4.79 Å². The molecule has 0 bridgehead atoms. The number of carbonyl (C=O) groups is 1. The maximum atomic E-state index is 12.0. The Hall–Kier alpha value is -1.83. The minimum Gasteiger partial charge on any atom is -0.352 e. The van der Waals surface area contributed by atoms with Crippen LogP contribution in [0.1, 0.15) is 32.3 Å². The van der Waals surface area contributed by atoms with Crippen LogP contribution < -0.4 is 5.32 Å². The van der Waals surface area contributed by atoms with Gasteiger partial charge in [0.05, 0.1) is 0 Å². The molecule has 1 N–H and O–H groups in total. The minimum absolute atomic E-state index is 0.0895. The summed E-state index contributed by atoms with van der Waals surface area (Å²) in [4.78, 5) is 12.0. The predicted octanol–water partition coefficient (Wildman–Crippen LogP) is 3.61. The smallest absolute Gasteiger partial charge is 0.221 e. The maximum Gasteiger partial charge on any atom is 0.221 e. The van der Waals surface area contributed by atoms with E-state index in [4.69, 9.17) is 0 Å². The quantitative estimate of drug-likeness (QED) is 0.855. The van der Waals surface area contributed by atoms with E-state index in [0.29, 0.717) is 13.0 Å². The van der Waals surface area contributed by atoms with Crippen molar-refractivity contribution in [2.75, 3.05) is 0 Å². The Balaban J connectivity index is 1.86. The molecule has 19 heavy (non-hydrogen) atoms. The minimum atomic E-state index is -0.0895. The van der Waals surface area contributed by atoms with Gasteiger partial charge in [-0.1, -0.05) is 62.4 Å². The van der Waals surface area contributed by atoms with Crippen molar-refractivity contribution in [2.24, 2.45) is 5.41 Å². The van der Waals surface area contributed by atoms with Crippen LogP contribution in [-0.4, -0.2) is 5.91 Å². The molecule has 0 saturated heterocycles. The molecule has 1 amide bonds. The summed E-state index contributed by atoms with van der Waals surface area (Å²) in [5.41, 5.74) is 2.31. The van der Waals surface area contributed by atoms with Crippen molar-refractivity contribution < 1.29 is 4.79 Å². The number of hydrogen-bond acceptors (Lipinski definition) is 1. The van der Waals surface area contributed by atoms with Gasteiger partial charge in [0.25, 0.3) is 0 Å². The lowest BCUT2D eigenvalue weighted by molar-refractivity contribution is -0.122. The van der Waals surface area contributed by atoms with Gasteiger partial charge < -0.3 is 5.32 Å². The second-order valence-electron chi connectivity index (χ2n) is 5.62. The van der Waals surface area contributed by atoms with Gasteiger partial charge in [0.15, 0.2) is 0 Å². The predicted molar refractivity (Wildman–Crippen MR) is 78.5 cm³/mol. The van der Waals surface area contributed by atoms with Gasteiger partial charge in [-0.05, 0) is 23.0 Å². The summed E-state index contributed by atoms with van der Waals surface area (Å²) in [6, 6.07) is 9.99. The average Bonchev–Trinajstić information content (AvgIpc) is 2.92. The Labute approximate surface area is 115 Å². The van der Waals surface area contributed by atoms with Crippen LogP contribution in [0, 0.1) is 5.41 Å². The average molecular weight is 255 g/mol. The first-order valence-electron chi connectivity index (χ1n) is 6.76. The number of amides is 1. The molecule has 0 heterocycles. The van der Waals surface area contributed by atoms with E-state index < -0.39 is 0 Å². The molecule has 2 nitrogen and oxygen atoms in total. The Morgan fingerprint density at radius 2 is 2.00 bits per heavy atom. The molecule has 1 aliphatic rings. The number of benzene rings is 1. The molecule has 2 rings (SSSR count).